The molecular formula is C12H23NO3. The first-order chi connectivity index (χ1) is 7.33. The molecule has 1 rings (SSSR count). The molecule has 0 amide bonds. The lowest BCUT2D eigenvalue weighted by Gasteiger charge is -2.42. The van der Waals surface area contributed by atoms with E-state index in [0.717, 1.165) is 19.3 Å². The Morgan fingerprint density at radius 2 is 2.06 bits per heavy atom. The molecule has 1 fully saturated rings. The minimum absolute atomic E-state index is 0.0498. The average molecular weight is 229 g/mol. The zero-order valence-corrected chi connectivity index (χ0v) is 10.4. The molecule has 4 heteroatoms. The highest BCUT2D eigenvalue weighted by Crippen LogP contribution is 2.35. The molecule has 1 aliphatic carbocycles. The van der Waals surface area contributed by atoms with Crippen molar-refractivity contribution in [2.75, 3.05) is 6.54 Å². The lowest BCUT2D eigenvalue weighted by molar-refractivity contribution is -0.136. The monoisotopic (exact) mass is 229 g/mol. The Bertz CT molecular complexity index is 253. The van der Waals surface area contributed by atoms with Gasteiger partial charge >= 0.3 is 5.97 Å². The standard InChI is InChI=1S/C12H23NO3/c1-8-4-5-9(10(14)6-8)12(2,3)13-7-11(15)16/h8-10,13-14H,4-7H2,1-3H3,(H,15,16)/t8-,9-,10-/m1/s1. The van der Waals surface area contributed by atoms with Crippen molar-refractivity contribution in [3.8, 4) is 0 Å². The number of aliphatic hydroxyl groups is 1. The third-order valence-corrected chi connectivity index (χ3v) is 3.70. The van der Waals surface area contributed by atoms with Gasteiger partial charge in [-0.25, -0.2) is 0 Å². The zero-order chi connectivity index (χ0) is 12.3. The number of rotatable bonds is 4. The fourth-order valence-electron chi connectivity index (χ4n) is 2.63. The van der Waals surface area contributed by atoms with Gasteiger partial charge in [0.15, 0.2) is 0 Å². The molecule has 0 bridgehead atoms. The van der Waals surface area contributed by atoms with Crippen molar-refractivity contribution in [2.45, 2.75) is 51.7 Å². The van der Waals surface area contributed by atoms with E-state index in [1.807, 2.05) is 13.8 Å². The topological polar surface area (TPSA) is 69.6 Å². The van der Waals surface area contributed by atoms with Crippen LogP contribution in [-0.4, -0.2) is 34.4 Å². The second kappa shape index (κ2) is 5.15. The fourth-order valence-corrected chi connectivity index (χ4v) is 2.63. The van der Waals surface area contributed by atoms with Crippen LogP contribution in [0.15, 0.2) is 0 Å². The summed E-state index contributed by atoms with van der Waals surface area (Å²) in [6.45, 7) is 6.04. The van der Waals surface area contributed by atoms with Gasteiger partial charge in [0, 0.05) is 11.5 Å². The van der Waals surface area contributed by atoms with Gasteiger partial charge in [0.1, 0.15) is 0 Å². The van der Waals surface area contributed by atoms with E-state index in [2.05, 4.69) is 12.2 Å². The molecule has 0 heterocycles. The van der Waals surface area contributed by atoms with Crippen molar-refractivity contribution in [3.63, 3.8) is 0 Å². The number of carbonyl (C=O) groups is 1. The Balaban J connectivity index is 2.56. The molecular weight excluding hydrogens is 206 g/mol. The van der Waals surface area contributed by atoms with Crippen molar-refractivity contribution in [1.29, 1.82) is 0 Å². The molecule has 1 aliphatic rings. The molecule has 94 valence electrons. The highest BCUT2D eigenvalue weighted by Gasteiger charge is 2.38. The van der Waals surface area contributed by atoms with Crippen LogP contribution < -0.4 is 5.32 Å². The Morgan fingerprint density at radius 1 is 1.44 bits per heavy atom. The predicted molar refractivity (Wildman–Crippen MR) is 62.2 cm³/mol. The van der Waals surface area contributed by atoms with Crippen LogP contribution in [0.1, 0.15) is 40.0 Å². The van der Waals surface area contributed by atoms with E-state index in [1.54, 1.807) is 0 Å². The average Bonchev–Trinajstić information content (AvgIpc) is 2.14. The van der Waals surface area contributed by atoms with Crippen LogP contribution >= 0.6 is 0 Å². The Labute approximate surface area is 97.0 Å². The van der Waals surface area contributed by atoms with Crippen LogP contribution in [0.5, 0.6) is 0 Å². The summed E-state index contributed by atoms with van der Waals surface area (Å²) in [6, 6.07) is 0. The molecule has 3 N–H and O–H groups in total. The van der Waals surface area contributed by atoms with Crippen LogP contribution in [0.25, 0.3) is 0 Å². The number of carboxylic acids is 1. The number of aliphatic hydroxyl groups excluding tert-OH is 1. The number of hydrogen-bond acceptors (Lipinski definition) is 3. The molecule has 0 unspecified atom stereocenters. The van der Waals surface area contributed by atoms with Crippen LogP contribution in [0.3, 0.4) is 0 Å². The van der Waals surface area contributed by atoms with Crippen LogP contribution in [-0.2, 0) is 4.79 Å². The number of nitrogens with one attached hydrogen (secondary N) is 1. The molecule has 0 saturated heterocycles. The third-order valence-electron chi connectivity index (χ3n) is 3.70. The molecule has 0 aliphatic heterocycles. The van der Waals surface area contributed by atoms with Crippen LogP contribution in [0.4, 0.5) is 0 Å². The number of aliphatic carboxylic acids is 1. The molecule has 0 aromatic heterocycles. The van der Waals surface area contributed by atoms with Crippen molar-refractivity contribution in [3.05, 3.63) is 0 Å². The lowest BCUT2D eigenvalue weighted by atomic mass is 9.72. The summed E-state index contributed by atoms with van der Waals surface area (Å²) in [6.07, 6.45) is 2.57. The molecule has 1 saturated carbocycles. The summed E-state index contributed by atoms with van der Waals surface area (Å²) in [4.78, 5) is 10.5. The van der Waals surface area contributed by atoms with Crippen molar-refractivity contribution < 1.29 is 15.0 Å². The SMILES string of the molecule is C[C@@H]1CC[C@@H](C(C)(C)NCC(=O)O)[C@H](O)C1. The molecule has 0 radical (unpaired) electrons. The van der Waals surface area contributed by atoms with Gasteiger partial charge in [-0.05, 0) is 32.6 Å². The highest BCUT2D eigenvalue weighted by atomic mass is 16.4. The molecule has 3 atom stereocenters. The van der Waals surface area contributed by atoms with Gasteiger partial charge in [0.05, 0.1) is 12.6 Å². The van der Waals surface area contributed by atoms with E-state index >= 15 is 0 Å². The van der Waals surface area contributed by atoms with E-state index in [0.29, 0.717) is 5.92 Å². The Kier molecular flexibility index (Phi) is 4.33. The third kappa shape index (κ3) is 3.46. The second-order valence-electron chi connectivity index (χ2n) is 5.56. The largest absolute Gasteiger partial charge is 0.480 e. The smallest absolute Gasteiger partial charge is 0.317 e. The highest BCUT2D eigenvalue weighted by molar-refractivity contribution is 5.69. The van der Waals surface area contributed by atoms with Crippen molar-refractivity contribution >= 4 is 5.97 Å². The molecule has 16 heavy (non-hydrogen) atoms. The van der Waals surface area contributed by atoms with Gasteiger partial charge in [0.2, 0.25) is 0 Å². The first kappa shape index (κ1) is 13.5. The van der Waals surface area contributed by atoms with Crippen LogP contribution in [0, 0.1) is 11.8 Å². The van der Waals surface area contributed by atoms with E-state index < -0.39 is 5.97 Å². The van der Waals surface area contributed by atoms with Gasteiger partial charge in [-0.15, -0.1) is 0 Å². The van der Waals surface area contributed by atoms with E-state index in [9.17, 15) is 9.90 Å². The number of carboxylic acid groups (broad SMARTS) is 1. The van der Waals surface area contributed by atoms with E-state index in [-0.39, 0.29) is 24.1 Å². The lowest BCUT2D eigenvalue weighted by Crippen LogP contribution is -2.53. The summed E-state index contributed by atoms with van der Waals surface area (Å²) in [5.41, 5.74) is -0.321. The van der Waals surface area contributed by atoms with Gasteiger partial charge in [-0.1, -0.05) is 13.3 Å². The van der Waals surface area contributed by atoms with E-state index in [4.69, 9.17) is 5.11 Å². The molecule has 0 aromatic carbocycles. The summed E-state index contributed by atoms with van der Waals surface area (Å²) in [5.74, 6) is -0.142. The predicted octanol–water partition coefficient (Wildman–Crippen LogP) is 1.24. The van der Waals surface area contributed by atoms with Gasteiger partial charge in [0.25, 0.3) is 0 Å². The van der Waals surface area contributed by atoms with Crippen molar-refractivity contribution in [2.24, 2.45) is 11.8 Å². The number of hydrogen-bond donors (Lipinski definition) is 3. The summed E-state index contributed by atoms with van der Waals surface area (Å²) in [7, 11) is 0. The minimum Gasteiger partial charge on any atom is -0.480 e. The summed E-state index contributed by atoms with van der Waals surface area (Å²) >= 11 is 0. The summed E-state index contributed by atoms with van der Waals surface area (Å²) in [5, 5.41) is 21.7. The maximum Gasteiger partial charge on any atom is 0.317 e. The van der Waals surface area contributed by atoms with Gasteiger partial charge in [-0.2, -0.15) is 0 Å². The first-order valence-electron chi connectivity index (χ1n) is 5.98. The summed E-state index contributed by atoms with van der Waals surface area (Å²) < 4.78 is 0. The second-order valence-corrected chi connectivity index (χ2v) is 5.56. The Hall–Kier alpha value is -0.610. The molecule has 0 spiro atoms. The van der Waals surface area contributed by atoms with E-state index in [1.165, 1.54) is 0 Å². The fraction of sp³-hybridized carbons (Fsp3) is 0.917. The normalized spacial score (nSPS) is 31.4. The quantitative estimate of drug-likeness (QED) is 0.678. The minimum atomic E-state index is -0.855. The zero-order valence-electron chi connectivity index (χ0n) is 10.4. The van der Waals surface area contributed by atoms with Crippen molar-refractivity contribution in [1.82, 2.24) is 5.32 Å². The van der Waals surface area contributed by atoms with Crippen LogP contribution in [0.2, 0.25) is 0 Å². The Morgan fingerprint density at radius 3 is 2.56 bits per heavy atom. The van der Waals surface area contributed by atoms with Gasteiger partial charge in [-0.3, -0.25) is 4.79 Å². The maximum absolute atomic E-state index is 10.5. The maximum atomic E-state index is 10.5. The molecule has 0 aromatic rings. The van der Waals surface area contributed by atoms with Gasteiger partial charge < -0.3 is 15.5 Å². The first-order valence-corrected chi connectivity index (χ1v) is 5.98. The molecule has 4 nitrogen and oxygen atoms in total.